The largest absolute Gasteiger partial charge is 0.573 e. The molecule has 2 rings (SSSR count). The van der Waals surface area contributed by atoms with Gasteiger partial charge in [-0.05, 0) is 35.9 Å². The van der Waals surface area contributed by atoms with Gasteiger partial charge in [-0.2, -0.15) is 0 Å². The Bertz CT molecular complexity index is 595. The highest BCUT2D eigenvalue weighted by Crippen LogP contribution is 2.30. The average Bonchev–Trinajstić information content (AvgIpc) is 2.30. The van der Waals surface area contributed by atoms with E-state index in [1.54, 1.807) is 0 Å². The van der Waals surface area contributed by atoms with Gasteiger partial charge < -0.3 is 4.74 Å². The van der Waals surface area contributed by atoms with Crippen molar-refractivity contribution in [2.24, 2.45) is 0 Å². The topological polar surface area (TPSA) is 9.23 Å². The summed E-state index contributed by atoms with van der Waals surface area (Å²) >= 11 is 4.07. The molecule has 0 saturated heterocycles. The molecule has 100 valence electrons. The van der Waals surface area contributed by atoms with Crippen molar-refractivity contribution in [3.05, 3.63) is 48.3 Å². The van der Waals surface area contributed by atoms with Gasteiger partial charge in [0.15, 0.2) is 0 Å². The zero-order chi connectivity index (χ0) is 14.0. The van der Waals surface area contributed by atoms with Crippen LogP contribution in [0.5, 0.6) is 5.75 Å². The maximum absolute atomic E-state index is 13.6. The highest BCUT2D eigenvalue weighted by atomic mass is 32.1. The van der Waals surface area contributed by atoms with Gasteiger partial charge in [-0.15, -0.1) is 25.8 Å². The van der Waals surface area contributed by atoms with Crippen molar-refractivity contribution < 1.29 is 22.3 Å². The second-order valence-electron chi connectivity index (χ2n) is 3.74. The molecule has 0 aliphatic heterocycles. The number of thiol groups is 1. The molecule has 1 nitrogen and oxygen atoms in total. The molecule has 0 saturated carbocycles. The summed E-state index contributed by atoms with van der Waals surface area (Å²) in [6.07, 6.45) is -4.78. The van der Waals surface area contributed by atoms with E-state index in [0.717, 1.165) is 12.1 Å². The third-order valence-electron chi connectivity index (χ3n) is 2.33. The average molecular weight is 288 g/mol. The van der Waals surface area contributed by atoms with Crippen LogP contribution in [0.15, 0.2) is 47.4 Å². The predicted molar refractivity (Wildman–Crippen MR) is 65.8 cm³/mol. The number of hydrogen-bond donors (Lipinski definition) is 1. The molecule has 0 fully saturated rings. The molecule has 2 aromatic carbocycles. The van der Waals surface area contributed by atoms with E-state index < -0.39 is 17.9 Å². The van der Waals surface area contributed by atoms with E-state index in [4.69, 9.17) is 0 Å². The van der Waals surface area contributed by atoms with Crippen LogP contribution in [0, 0.1) is 5.82 Å². The van der Waals surface area contributed by atoms with Gasteiger partial charge in [0.2, 0.25) is 0 Å². The second kappa shape index (κ2) is 5.13. The summed E-state index contributed by atoms with van der Waals surface area (Å²) < 4.78 is 53.8. The molecule has 0 radical (unpaired) electrons. The van der Waals surface area contributed by atoms with E-state index in [1.165, 1.54) is 30.3 Å². The number of ether oxygens (including phenoxy) is 1. The highest BCUT2D eigenvalue weighted by molar-refractivity contribution is 7.80. The Morgan fingerprint density at radius 2 is 1.74 bits per heavy atom. The van der Waals surface area contributed by atoms with Gasteiger partial charge in [-0.3, -0.25) is 0 Å². The predicted octanol–water partition coefficient (Wildman–Crippen LogP) is 4.68. The Hall–Kier alpha value is -1.69. The molecule has 0 aliphatic carbocycles. The first kappa shape index (κ1) is 13.7. The number of rotatable bonds is 2. The van der Waals surface area contributed by atoms with Crippen molar-refractivity contribution in [3.8, 4) is 16.9 Å². The molecule has 0 amide bonds. The summed E-state index contributed by atoms with van der Waals surface area (Å²) in [5.74, 6) is -0.934. The Morgan fingerprint density at radius 1 is 1.00 bits per heavy atom. The number of hydrogen-bond acceptors (Lipinski definition) is 2. The summed E-state index contributed by atoms with van der Waals surface area (Å²) in [7, 11) is 0. The van der Waals surface area contributed by atoms with E-state index in [-0.39, 0.29) is 11.1 Å². The molecule has 19 heavy (non-hydrogen) atoms. The van der Waals surface area contributed by atoms with E-state index in [0.29, 0.717) is 4.90 Å². The van der Waals surface area contributed by atoms with Crippen LogP contribution >= 0.6 is 12.6 Å². The first-order valence-electron chi connectivity index (χ1n) is 5.20. The summed E-state index contributed by atoms with van der Waals surface area (Å²) in [4.78, 5) is 0.513. The molecule has 0 atom stereocenters. The molecule has 0 spiro atoms. The Labute approximate surface area is 112 Å². The quantitative estimate of drug-likeness (QED) is 0.623. The third-order valence-corrected chi connectivity index (χ3v) is 2.61. The zero-order valence-electron chi connectivity index (χ0n) is 9.41. The van der Waals surface area contributed by atoms with Crippen molar-refractivity contribution in [3.63, 3.8) is 0 Å². The summed E-state index contributed by atoms with van der Waals surface area (Å²) in [5, 5.41) is 0. The molecule has 0 bridgehead atoms. The number of benzene rings is 2. The van der Waals surface area contributed by atoms with Crippen LogP contribution in [-0.2, 0) is 0 Å². The summed E-state index contributed by atoms with van der Waals surface area (Å²) in [5.41, 5.74) is 0.454. The van der Waals surface area contributed by atoms with Crippen LogP contribution in [0.2, 0.25) is 0 Å². The maximum atomic E-state index is 13.6. The van der Waals surface area contributed by atoms with Crippen LogP contribution in [0.1, 0.15) is 0 Å². The molecule has 6 heteroatoms. The lowest BCUT2D eigenvalue weighted by molar-refractivity contribution is -0.274. The van der Waals surface area contributed by atoms with Gasteiger partial charge >= 0.3 is 6.36 Å². The van der Waals surface area contributed by atoms with Crippen molar-refractivity contribution >= 4 is 12.6 Å². The lowest BCUT2D eigenvalue weighted by atomic mass is 10.1. The van der Waals surface area contributed by atoms with Crippen LogP contribution < -0.4 is 4.74 Å². The molecule has 2 aromatic rings. The molecule has 0 aromatic heterocycles. The minimum absolute atomic E-state index is 0.167. The van der Waals surface area contributed by atoms with Gasteiger partial charge in [-0.25, -0.2) is 4.39 Å². The van der Waals surface area contributed by atoms with E-state index in [9.17, 15) is 17.6 Å². The highest BCUT2D eigenvalue weighted by Gasteiger charge is 2.31. The fraction of sp³-hybridized carbons (Fsp3) is 0.0769. The minimum atomic E-state index is -4.78. The van der Waals surface area contributed by atoms with Crippen molar-refractivity contribution in [2.45, 2.75) is 11.3 Å². The SMILES string of the molecule is Fc1ccc(S)cc1-c1cccc(OC(F)(F)F)c1. The van der Waals surface area contributed by atoms with Gasteiger partial charge in [0.05, 0.1) is 0 Å². The van der Waals surface area contributed by atoms with Gasteiger partial charge in [0.25, 0.3) is 0 Å². The van der Waals surface area contributed by atoms with Gasteiger partial charge in [0.1, 0.15) is 11.6 Å². The molecule has 0 unspecified atom stereocenters. The first-order valence-corrected chi connectivity index (χ1v) is 5.64. The normalized spacial score (nSPS) is 11.4. The Kier molecular flexibility index (Phi) is 3.71. The smallest absolute Gasteiger partial charge is 0.406 e. The molecular weight excluding hydrogens is 280 g/mol. The van der Waals surface area contributed by atoms with E-state index >= 15 is 0 Å². The summed E-state index contributed by atoms with van der Waals surface area (Å²) in [6.45, 7) is 0. The van der Waals surface area contributed by atoms with Crippen molar-refractivity contribution in [1.82, 2.24) is 0 Å². The standard InChI is InChI=1S/C13H8F4OS/c14-12-5-4-10(19)7-11(12)8-2-1-3-9(6-8)18-13(15,16)17/h1-7,19H. The minimum Gasteiger partial charge on any atom is -0.406 e. The van der Waals surface area contributed by atoms with E-state index in [1.807, 2.05) is 0 Å². The Balaban J connectivity index is 2.40. The lowest BCUT2D eigenvalue weighted by Gasteiger charge is -2.10. The molecule has 0 heterocycles. The fourth-order valence-corrected chi connectivity index (χ4v) is 1.80. The second-order valence-corrected chi connectivity index (χ2v) is 4.26. The van der Waals surface area contributed by atoms with E-state index in [2.05, 4.69) is 17.4 Å². The van der Waals surface area contributed by atoms with Crippen molar-refractivity contribution in [1.29, 1.82) is 0 Å². The molecule has 0 N–H and O–H groups in total. The lowest BCUT2D eigenvalue weighted by Crippen LogP contribution is -2.17. The first-order chi connectivity index (χ1) is 8.85. The van der Waals surface area contributed by atoms with Crippen LogP contribution in [0.3, 0.4) is 0 Å². The summed E-state index contributed by atoms with van der Waals surface area (Å²) in [6, 6.07) is 9.23. The molecule has 0 aliphatic rings. The monoisotopic (exact) mass is 288 g/mol. The van der Waals surface area contributed by atoms with Crippen molar-refractivity contribution in [2.75, 3.05) is 0 Å². The fourth-order valence-electron chi connectivity index (χ4n) is 1.60. The van der Waals surface area contributed by atoms with Crippen LogP contribution in [0.4, 0.5) is 17.6 Å². The van der Waals surface area contributed by atoms with Crippen LogP contribution in [0.25, 0.3) is 11.1 Å². The molecular formula is C13H8F4OS. The maximum Gasteiger partial charge on any atom is 0.573 e. The number of alkyl halides is 3. The van der Waals surface area contributed by atoms with Gasteiger partial charge in [-0.1, -0.05) is 12.1 Å². The number of halogens is 4. The zero-order valence-corrected chi connectivity index (χ0v) is 10.3. The Morgan fingerprint density at radius 3 is 2.42 bits per heavy atom. The third kappa shape index (κ3) is 3.64. The van der Waals surface area contributed by atoms with Gasteiger partial charge in [0, 0.05) is 10.5 Å². The van der Waals surface area contributed by atoms with Crippen LogP contribution in [-0.4, -0.2) is 6.36 Å².